The minimum absolute atomic E-state index is 0.0602. The van der Waals surface area contributed by atoms with E-state index in [-0.39, 0.29) is 19.4 Å². The van der Waals surface area contributed by atoms with Crippen LogP contribution in [0.4, 0.5) is 4.79 Å². The molecular weight excluding hydrogens is 396 g/mol. The van der Waals surface area contributed by atoms with Crippen LogP contribution in [0.2, 0.25) is 0 Å². The lowest BCUT2D eigenvalue weighted by Gasteiger charge is -2.21. The summed E-state index contributed by atoms with van der Waals surface area (Å²) < 4.78 is 5.22. The Bertz CT molecular complexity index is 893. The zero-order valence-electron chi connectivity index (χ0n) is 17.7. The molecule has 0 spiro atoms. The molecule has 2 aromatic carbocycles. The molecule has 0 aromatic heterocycles. The first-order valence-electron chi connectivity index (χ1n) is 10.0. The number of alkyl carbamates (subject to hydrolysis) is 1. The molecule has 2 amide bonds. The van der Waals surface area contributed by atoms with Gasteiger partial charge in [-0.2, -0.15) is 0 Å². The molecule has 0 heterocycles. The number of amides is 2. The van der Waals surface area contributed by atoms with Crippen molar-refractivity contribution < 1.29 is 24.2 Å². The van der Waals surface area contributed by atoms with Crippen molar-refractivity contribution in [2.75, 3.05) is 0 Å². The number of rotatable bonds is 10. The highest BCUT2D eigenvalue weighted by Crippen LogP contribution is 2.07. The minimum atomic E-state index is -1.14. The van der Waals surface area contributed by atoms with Crippen molar-refractivity contribution in [2.24, 2.45) is 0 Å². The van der Waals surface area contributed by atoms with E-state index in [0.717, 1.165) is 16.7 Å². The molecule has 0 aliphatic heterocycles. The van der Waals surface area contributed by atoms with Crippen molar-refractivity contribution in [3.05, 3.63) is 83.4 Å². The number of ether oxygens (including phenoxy) is 1. The number of benzene rings is 2. The van der Waals surface area contributed by atoms with Crippen molar-refractivity contribution in [2.45, 2.75) is 45.4 Å². The molecule has 7 nitrogen and oxygen atoms in total. The van der Waals surface area contributed by atoms with E-state index < -0.39 is 30.1 Å². The molecule has 0 saturated heterocycles. The van der Waals surface area contributed by atoms with Crippen LogP contribution in [-0.2, 0) is 27.4 Å². The Kier molecular flexibility index (Phi) is 9.29. The van der Waals surface area contributed by atoms with Crippen LogP contribution in [0.5, 0.6) is 0 Å². The van der Waals surface area contributed by atoms with Crippen molar-refractivity contribution in [1.29, 1.82) is 0 Å². The number of carboxylic acid groups (broad SMARTS) is 1. The molecular formula is C24H28N2O5. The zero-order chi connectivity index (χ0) is 22.6. The number of hydrogen-bond donors (Lipinski definition) is 3. The molecule has 2 atom stereocenters. The van der Waals surface area contributed by atoms with Gasteiger partial charge in [-0.15, -0.1) is 0 Å². The highest BCUT2D eigenvalue weighted by atomic mass is 16.5. The normalized spacial score (nSPS) is 12.2. The molecule has 7 heteroatoms. The highest BCUT2D eigenvalue weighted by Gasteiger charge is 2.26. The molecule has 0 aliphatic rings. The summed E-state index contributed by atoms with van der Waals surface area (Å²) in [6, 6.07) is 16.2. The summed E-state index contributed by atoms with van der Waals surface area (Å²) in [6.45, 7) is 3.76. The third-order valence-corrected chi connectivity index (χ3v) is 4.48. The Morgan fingerprint density at radius 1 is 0.903 bits per heavy atom. The molecule has 0 fully saturated rings. The molecule has 0 radical (unpaired) electrons. The smallest absolute Gasteiger partial charge is 0.408 e. The second-order valence-electron chi connectivity index (χ2n) is 7.36. The van der Waals surface area contributed by atoms with Crippen LogP contribution in [0.25, 0.3) is 0 Å². The van der Waals surface area contributed by atoms with E-state index in [1.807, 2.05) is 74.5 Å². The van der Waals surface area contributed by atoms with E-state index in [4.69, 9.17) is 4.74 Å². The number of aliphatic carboxylic acids is 1. The largest absolute Gasteiger partial charge is 0.480 e. The van der Waals surface area contributed by atoms with Crippen LogP contribution >= 0.6 is 0 Å². The Morgan fingerprint density at radius 3 is 2.03 bits per heavy atom. The van der Waals surface area contributed by atoms with Crippen LogP contribution in [0.3, 0.4) is 0 Å². The van der Waals surface area contributed by atoms with Gasteiger partial charge in [-0.1, -0.05) is 72.3 Å². The van der Waals surface area contributed by atoms with Gasteiger partial charge in [0.1, 0.15) is 18.7 Å². The van der Waals surface area contributed by atoms with Crippen molar-refractivity contribution >= 4 is 18.0 Å². The quantitative estimate of drug-likeness (QED) is 0.507. The van der Waals surface area contributed by atoms with Gasteiger partial charge in [0, 0.05) is 6.42 Å². The van der Waals surface area contributed by atoms with Gasteiger partial charge >= 0.3 is 12.1 Å². The Labute approximate surface area is 182 Å². The second kappa shape index (κ2) is 12.2. The fourth-order valence-corrected chi connectivity index (χ4v) is 2.81. The van der Waals surface area contributed by atoms with E-state index in [9.17, 15) is 19.5 Å². The topological polar surface area (TPSA) is 105 Å². The molecule has 0 unspecified atom stereocenters. The minimum Gasteiger partial charge on any atom is -0.480 e. The van der Waals surface area contributed by atoms with E-state index in [0.29, 0.717) is 0 Å². The summed E-state index contributed by atoms with van der Waals surface area (Å²) in [5, 5.41) is 14.5. The lowest BCUT2D eigenvalue weighted by molar-refractivity contribution is -0.142. The average molecular weight is 424 g/mol. The number of nitrogens with one attached hydrogen (secondary N) is 2. The van der Waals surface area contributed by atoms with Crippen molar-refractivity contribution in [3.63, 3.8) is 0 Å². The first kappa shape index (κ1) is 23.7. The Balaban J connectivity index is 2.07. The van der Waals surface area contributed by atoms with Gasteiger partial charge in [-0.05, 0) is 31.4 Å². The van der Waals surface area contributed by atoms with E-state index >= 15 is 0 Å². The second-order valence-corrected chi connectivity index (χ2v) is 7.36. The summed E-state index contributed by atoms with van der Waals surface area (Å²) >= 11 is 0. The summed E-state index contributed by atoms with van der Waals surface area (Å²) in [6.07, 6.45) is 1.34. The Hall–Kier alpha value is -3.61. The molecule has 164 valence electrons. The van der Waals surface area contributed by atoms with E-state index in [1.165, 1.54) is 0 Å². The number of carbonyl (C=O) groups is 3. The fraction of sp³-hybridized carbons (Fsp3) is 0.292. The van der Waals surface area contributed by atoms with Crippen LogP contribution in [-0.4, -0.2) is 35.2 Å². The summed E-state index contributed by atoms with van der Waals surface area (Å²) in [4.78, 5) is 36.7. The maximum absolute atomic E-state index is 12.9. The summed E-state index contributed by atoms with van der Waals surface area (Å²) in [7, 11) is 0. The standard InChI is InChI=1S/C24H28N2O5/c1-17(2)13-14-20(23(28)29)25-22(27)21(15-18-9-5-3-6-10-18)26-24(30)31-16-19-11-7-4-8-12-19/h3-13,20-21H,14-16H2,1-2H3,(H,25,27)(H,26,30)(H,28,29)/t20-,21-/m0/s1. The van der Waals surface area contributed by atoms with Gasteiger partial charge in [0.2, 0.25) is 5.91 Å². The van der Waals surface area contributed by atoms with Gasteiger partial charge in [0.15, 0.2) is 0 Å². The summed E-state index contributed by atoms with van der Waals surface area (Å²) in [5.41, 5.74) is 2.58. The van der Waals surface area contributed by atoms with Crippen LogP contribution in [0, 0.1) is 0 Å². The average Bonchev–Trinajstić information content (AvgIpc) is 2.75. The number of hydrogen-bond acceptors (Lipinski definition) is 4. The molecule has 0 saturated carbocycles. The predicted octanol–water partition coefficient (Wildman–Crippen LogP) is 3.45. The molecule has 0 bridgehead atoms. The first-order valence-corrected chi connectivity index (χ1v) is 10.0. The lowest BCUT2D eigenvalue weighted by atomic mass is 10.0. The number of allylic oxidation sites excluding steroid dienone is 1. The highest BCUT2D eigenvalue weighted by molar-refractivity contribution is 5.89. The first-order chi connectivity index (χ1) is 14.8. The van der Waals surface area contributed by atoms with Crippen molar-refractivity contribution in [3.8, 4) is 0 Å². The fourth-order valence-electron chi connectivity index (χ4n) is 2.81. The zero-order valence-corrected chi connectivity index (χ0v) is 17.7. The molecule has 3 N–H and O–H groups in total. The monoisotopic (exact) mass is 424 g/mol. The van der Waals surface area contributed by atoms with Crippen LogP contribution in [0.1, 0.15) is 31.4 Å². The Morgan fingerprint density at radius 2 is 1.48 bits per heavy atom. The third kappa shape index (κ3) is 8.74. The van der Waals surface area contributed by atoms with Crippen LogP contribution in [0.15, 0.2) is 72.3 Å². The molecule has 2 rings (SSSR count). The van der Waals surface area contributed by atoms with Gasteiger partial charge in [0.25, 0.3) is 0 Å². The van der Waals surface area contributed by atoms with E-state index in [2.05, 4.69) is 10.6 Å². The number of carboxylic acids is 1. The summed E-state index contributed by atoms with van der Waals surface area (Å²) in [5.74, 6) is -1.73. The van der Waals surface area contributed by atoms with Crippen molar-refractivity contribution in [1.82, 2.24) is 10.6 Å². The maximum Gasteiger partial charge on any atom is 0.408 e. The maximum atomic E-state index is 12.9. The lowest BCUT2D eigenvalue weighted by Crippen LogP contribution is -2.52. The number of carbonyl (C=O) groups excluding carboxylic acids is 2. The SMILES string of the molecule is CC(C)=CC[C@H](NC(=O)[C@H](Cc1ccccc1)NC(=O)OCc1ccccc1)C(=O)O. The molecule has 0 aliphatic carbocycles. The molecule has 2 aromatic rings. The predicted molar refractivity (Wildman–Crippen MR) is 117 cm³/mol. The van der Waals surface area contributed by atoms with Gasteiger partial charge < -0.3 is 20.5 Å². The molecule has 31 heavy (non-hydrogen) atoms. The third-order valence-electron chi connectivity index (χ3n) is 4.48. The van der Waals surface area contributed by atoms with Gasteiger partial charge in [0.05, 0.1) is 0 Å². The van der Waals surface area contributed by atoms with Gasteiger partial charge in [-0.25, -0.2) is 9.59 Å². The van der Waals surface area contributed by atoms with E-state index in [1.54, 1.807) is 6.08 Å². The van der Waals surface area contributed by atoms with Gasteiger partial charge in [-0.3, -0.25) is 4.79 Å². The van der Waals surface area contributed by atoms with Crippen LogP contribution < -0.4 is 10.6 Å².